The molecule has 1 unspecified atom stereocenters. The fourth-order valence-corrected chi connectivity index (χ4v) is 5.59. The minimum Gasteiger partial charge on any atom is -0.481 e. The van der Waals surface area contributed by atoms with Crippen LogP contribution in [0.3, 0.4) is 0 Å². The van der Waals surface area contributed by atoms with Crippen LogP contribution in [0, 0.1) is 5.82 Å². The molecule has 4 aromatic rings. The predicted molar refractivity (Wildman–Crippen MR) is 131 cm³/mol. The molecule has 34 heavy (non-hydrogen) atoms. The van der Waals surface area contributed by atoms with Crippen LogP contribution in [-0.2, 0) is 19.4 Å². The van der Waals surface area contributed by atoms with Gasteiger partial charge in [0.2, 0.25) is 5.88 Å². The molecule has 0 fully saturated rings. The van der Waals surface area contributed by atoms with E-state index in [1.54, 1.807) is 31.1 Å². The molecule has 0 saturated carbocycles. The number of nitrogens with zero attached hydrogens (tertiary/aromatic N) is 4. The molecule has 2 N–H and O–H groups in total. The highest BCUT2D eigenvalue weighted by Gasteiger charge is 2.23. The molecule has 1 aliphatic heterocycles. The van der Waals surface area contributed by atoms with Gasteiger partial charge < -0.3 is 15.4 Å². The van der Waals surface area contributed by atoms with Crippen molar-refractivity contribution in [1.82, 2.24) is 25.1 Å². The van der Waals surface area contributed by atoms with E-state index >= 15 is 0 Å². The molecule has 0 saturated heterocycles. The summed E-state index contributed by atoms with van der Waals surface area (Å²) in [5.41, 5.74) is 6.49. The lowest BCUT2D eigenvalue weighted by atomic mass is 9.93. The Balaban J connectivity index is 1.20. The third-order valence-corrected chi connectivity index (χ3v) is 7.53. The van der Waals surface area contributed by atoms with Crippen molar-refractivity contribution in [2.45, 2.75) is 36.7 Å². The third-order valence-electron chi connectivity index (χ3n) is 6.47. The fraction of sp³-hybridized carbons (Fsp3) is 0.320. The summed E-state index contributed by atoms with van der Waals surface area (Å²) in [7, 11) is 1.61. The van der Waals surface area contributed by atoms with Crippen molar-refractivity contribution in [3.05, 3.63) is 65.4 Å². The van der Waals surface area contributed by atoms with Gasteiger partial charge in [0, 0.05) is 59.5 Å². The lowest BCUT2D eigenvalue weighted by Gasteiger charge is -2.23. The second-order valence-electron chi connectivity index (χ2n) is 8.63. The van der Waals surface area contributed by atoms with Gasteiger partial charge in [0.05, 0.1) is 24.0 Å². The van der Waals surface area contributed by atoms with Gasteiger partial charge in [-0.25, -0.2) is 14.1 Å². The third kappa shape index (κ3) is 3.99. The minimum atomic E-state index is -0.140. The minimum absolute atomic E-state index is 0.140. The van der Waals surface area contributed by atoms with Gasteiger partial charge in [-0.3, -0.25) is 4.98 Å². The van der Waals surface area contributed by atoms with Crippen molar-refractivity contribution < 1.29 is 9.13 Å². The van der Waals surface area contributed by atoms with E-state index in [0.717, 1.165) is 64.6 Å². The van der Waals surface area contributed by atoms with Crippen molar-refractivity contribution >= 4 is 28.5 Å². The highest BCUT2D eigenvalue weighted by atomic mass is 32.2. The molecule has 3 aromatic heterocycles. The van der Waals surface area contributed by atoms with Gasteiger partial charge >= 0.3 is 0 Å². The van der Waals surface area contributed by atoms with Crippen LogP contribution in [0.2, 0.25) is 0 Å². The first-order chi connectivity index (χ1) is 16.7. The van der Waals surface area contributed by atoms with E-state index in [0.29, 0.717) is 18.0 Å². The van der Waals surface area contributed by atoms with Crippen LogP contribution in [0.1, 0.15) is 23.2 Å². The fourth-order valence-electron chi connectivity index (χ4n) is 4.69. The summed E-state index contributed by atoms with van der Waals surface area (Å²) >= 11 is 1.71. The van der Waals surface area contributed by atoms with E-state index in [1.807, 2.05) is 28.9 Å². The average molecular weight is 477 g/mol. The van der Waals surface area contributed by atoms with Gasteiger partial charge in [0.15, 0.2) is 0 Å². The molecule has 6 rings (SSSR count). The quantitative estimate of drug-likeness (QED) is 0.449. The topological polar surface area (TPSA) is 76.9 Å². The van der Waals surface area contributed by atoms with Gasteiger partial charge in [-0.1, -0.05) is 0 Å². The summed E-state index contributed by atoms with van der Waals surface area (Å²) in [6, 6.07) is 9.52. The zero-order valence-corrected chi connectivity index (χ0v) is 19.7. The Hall–Kier alpha value is -3.17. The van der Waals surface area contributed by atoms with Crippen molar-refractivity contribution in [3.63, 3.8) is 0 Å². The Bertz CT molecular complexity index is 1370. The zero-order valence-electron chi connectivity index (χ0n) is 18.8. The number of anilines is 1. The smallest absolute Gasteiger partial charge is 0.213 e. The monoisotopic (exact) mass is 476 g/mol. The van der Waals surface area contributed by atoms with Gasteiger partial charge in [0.25, 0.3) is 0 Å². The summed E-state index contributed by atoms with van der Waals surface area (Å²) < 4.78 is 21.8. The van der Waals surface area contributed by atoms with Gasteiger partial charge in [-0.2, -0.15) is 5.10 Å². The molecule has 0 amide bonds. The normalized spacial score (nSPS) is 17.2. The van der Waals surface area contributed by atoms with Gasteiger partial charge in [0.1, 0.15) is 11.3 Å². The summed E-state index contributed by atoms with van der Waals surface area (Å²) in [6.07, 6.45) is 6.56. The number of halogens is 1. The Kier molecular flexibility index (Phi) is 5.58. The van der Waals surface area contributed by atoms with Crippen molar-refractivity contribution in [1.29, 1.82) is 0 Å². The second kappa shape index (κ2) is 8.88. The molecule has 4 heterocycles. The van der Waals surface area contributed by atoms with E-state index in [-0.39, 0.29) is 11.9 Å². The molecule has 9 heteroatoms. The summed E-state index contributed by atoms with van der Waals surface area (Å²) in [6.45, 7) is 1.43. The molecule has 174 valence electrons. The van der Waals surface area contributed by atoms with E-state index in [4.69, 9.17) is 9.84 Å². The maximum absolute atomic E-state index is 14.6. The summed E-state index contributed by atoms with van der Waals surface area (Å²) in [4.78, 5) is 10.0. The molecule has 1 aromatic carbocycles. The van der Waals surface area contributed by atoms with E-state index in [2.05, 4.69) is 26.8 Å². The van der Waals surface area contributed by atoms with E-state index in [1.165, 1.54) is 5.56 Å². The lowest BCUT2D eigenvalue weighted by Crippen LogP contribution is -2.34. The molecule has 7 nitrogen and oxygen atoms in total. The van der Waals surface area contributed by atoms with Crippen LogP contribution in [0.4, 0.5) is 10.1 Å². The van der Waals surface area contributed by atoms with E-state index < -0.39 is 0 Å². The van der Waals surface area contributed by atoms with Crippen LogP contribution in [0.15, 0.2) is 47.6 Å². The van der Waals surface area contributed by atoms with Gasteiger partial charge in [-0.15, -0.1) is 11.8 Å². The SMILES string of the molecule is COc1ccc2nccc(-n3cc4c(n3)CCC(NCc3cc5c(cc3F)SCCN5)C4)c2n1. The number of thioether (sulfide) groups is 1. The molecule has 1 atom stereocenters. The number of hydrogen-bond acceptors (Lipinski definition) is 7. The van der Waals surface area contributed by atoms with Crippen molar-refractivity contribution in [3.8, 4) is 11.6 Å². The highest BCUT2D eigenvalue weighted by Crippen LogP contribution is 2.33. The molecule has 0 radical (unpaired) electrons. The number of methoxy groups -OCH3 is 1. The van der Waals surface area contributed by atoms with Gasteiger partial charge in [-0.05, 0) is 49.1 Å². The highest BCUT2D eigenvalue weighted by molar-refractivity contribution is 7.99. The predicted octanol–water partition coefficient (Wildman–Crippen LogP) is 4.13. The zero-order chi connectivity index (χ0) is 23.1. The van der Waals surface area contributed by atoms with Crippen LogP contribution in [0.5, 0.6) is 5.88 Å². The Morgan fingerprint density at radius 2 is 2.24 bits per heavy atom. The standard InChI is InChI=1S/C25H25FN6OS/c1-33-24-5-4-20-25(30-24)22(6-7-27-20)32-14-16-10-17(2-3-19(16)31-32)29-13-15-11-21-23(12-18(15)26)34-9-8-28-21/h4-7,11-12,14,17,28-29H,2-3,8-10,13H2,1H3. The number of aromatic nitrogens is 4. The van der Waals surface area contributed by atoms with Crippen molar-refractivity contribution in [2.75, 3.05) is 24.7 Å². The molecule has 0 spiro atoms. The maximum Gasteiger partial charge on any atom is 0.213 e. The first-order valence-electron chi connectivity index (χ1n) is 11.5. The van der Waals surface area contributed by atoms with Crippen LogP contribution in [-0.4, -0.2) is 45.2 Å². The Morgan fingerprint density at radius 3 is 3.15 bits per heavy atom. The molecule has 1 aliphatic carbocycles. The number of rotatable bonds is 5. The molecule has 0 bridgehead atoms. The number of nitrogens with one attached hydrogen (secondary N) is 2. The number of fused-ring (bicyclic) bond motifs is 3. The largest absolute Gasteiger partial charge is 0.481 e. The van der Waals surface area contributed by atoms with E-state index in [9.17, 15) is 4.39 Å². The number of aryl methyl sites for hydroxylation is 1. The molecular weight excluding hydrogens is 451 g/mol. The first kappa shape index (κ1) is 21.4. The molecular formula is C25H25FN6OS. The van der Waals surface area contributed by atoms with Crippen molar-refractivity contribution in [2.24, 2.45) is 0 Å². The second-order valence-corrected chi connectivity index (χ2v) is 9.77. The number of benzene rings is 1. The van der Waals surface area contributed by atoms with Crippen LogP contribution >= 0.6 is 11.8 Å². The maximum atomic E-state index is 14.6. The number of pyridine rings is 2. The van der Waals surface area contributed by atoms with Crippen LogP contribution < -0.4 is 15.4 Å². The first-order valence-corrected chi connectivity index (χ1v) is 12.5. The lowest BCUT2D eigenvalue weighted by molar-refractivity contribution is 0.399. The number of hydrogen-bond donors (Lipinski definition) is 2. The Labute approximate surface area is 201 Å². The van der Waals surface area contributed by atoms with Crippen LogP contribution in [0.25, 0.3) is 16.7 Å². The molecule has 2 aliphatic rings. The summed E-state index contributed by atoms with van der Waals surface area (Å²) in [5, 5.41) is 11.8. The summed E-state index contributed by atoms with van der Waals surface area (Å²) in [5.74, 6) is 1.38. The average Bonchev–Trinajstić information content (AvgIpc) is 3.30. The number of ether oxygens (including phenoxy) is 1. The Morgan fingerprint density at radius 1 is 1.29 bits per heavy atom.